The minimum atomic E-state index is -1.05. The van der Waals surface area contributed by atoms with E-state index in [4.69, 9.17) is 24.4 Å². The molecule has 43 heavy (non-hydrogen) atoms. The standard InChI is InChI=1S/C33H43N7O3/c1-20-11-21(39-16-22-12-23(39)15-38(22)5)9-10-25(20)35-30-34-14-24-29(37-30)40(27-13-31(2,3)43-17-32(24,27)4)28-8-6-7-26(36-28)33(41)18-42-19-33/h6-11,14,20,22-23,25,27,41H,12-13,15-19H2,1-5H3,(H,34,35,37)/t20?,22-,23-,25?,27+,32+/m0/s1. The van der Waals surface area contributed by atoms with Crippen molar-refractivity contribution in [3.05, 3.63) is 59.6 Å². The van der Waals surface area contributed by atoms with Crippen LogP contribution in [0.3, 0.4) is 0 Å². The van der Waals surface area contributed by atoms with Crippen LogP contribution >= 0.6 is 0 Å². The van der Waals surface area contributed by atoms with Crippen LogP contribution in [0.4, 0.5) is 17.6 Å². The van der Waals surface area contributed by atoms with Crippen molar-refractivity contribution in [1.29, 1.82) is 0 Å². The maximum absolute atomic E-state index is 11.0. The summed E-state index contributed by atoms with van der Waals surface area (Å²) < 4.78 is 11.7. The molecule has 2 unspecified atom stereocenters. The Kier molecular flexibility index (Phi) is 6.06. The molecular formula is C33H43N7O3. The van der Waals surface area contributed by atoms with Crippen LogP contribution in [0.5, 0.6) is 0 Å². The Morgan fingerprint density at radius 1 is 1.07 bits per heavy atom. The normalized spacial score (nSPS) is 35.4. The number of likely N-dealkylation sites (N-methyl/N-ethyl adjacent to an activating group) is 1. The highest BCUT2D eigenvalue weighted by molar-refractivity contribution is 5.70. The van der Waals surface area contributed by atoms with Gasteiger partial charge < -0.3 is 29.7 Å². The highest BCUT2D eigenvalue weighted by Crippen LogP contribution is 2.53. The molecule has 0 amide bonds. The number of aliphatic hydroxyl groups is 1. The molecule has 0 spiro atoms. The summed E-state index contributed by atoms with van der Waals surface area (Å²) in [4.78, 5) is 22.4. The van der Waals surface area contributed by atoms with Gasteiger partial charge in [-0.3, -0.25) is 4.90 Å². The Balaban J connectivity index is 1.09. The van der Waals surface area contributed by atoms with Crippen molar-refractivity contribution < 1.29 is 14.6 Å². The van der Waals surface area contributed by atoms with E-state index in [1.807, 2.05) is 24.4 Å². The van der Waals surface area contributed by atoms with Crippen LogP contribution in [0.15, 0.2) is 48.3 Å². The molecule has 4 saturated heterocycles. The molecule has 10 nitrogen and oxygen atoms in total. The number of fused-ring (bicyclic) bond motifs is 5. The lowest BCUT2D eigenvalue weighted by atomic mass is 9.73. The van der Waals surface area contributed by atoms with Crippen LogP contribution in [-0.2, 0) is 20.5 Å². The Bertz CT molecular complexity index is 1500. The molecule has 0 radical (unpaired) electrons. The Morgan fingerprint density at radius 2 is 1.91 bits per heavy atom. The zero-order chi connectivity index (χ0) is 29.7. The lowest BCUT2D eigenvalue weighted by molar-refractivity contribution is -0.186. The zero-order valence-corrected chi connectivity index (χ0v) is 25.8. The van der Waals surface area contributed by atoms with Crippen molar-refractivity contribution in [2.45, 2.75) is 81.3 Å². The number of anilines is 3. The van der Waals surface area contributed by atoms with Gasteiger partial charge in [-0.25, -0.2) is 9.97 Å². The smallest absolute Gasteiger partial charge is 0.225 e. The molecule has 6 atom stereocenters. The lowest BCUT2D eigenvalue weighted by Crippen LogP contribution is -2.54. The van der Waals surface area contributed by atoms with Gasteiger partial charge in [0.05, 0.1) is 43.2 Å². The molecule has 2 N–H and O–H groups in total. The van der Waals surface area contributed by atoms with Gasteiger partial charge in [0.15, 0.2) is 5.60 Å². The summed E-state index contributed by atoms with van der Waals surface area (Å²) in [6.45, 7) is 12.2. The van der Waals surface area contributed by atoms with E-state index >= 15 is 0 Å². The first-order chi connectivity index (χ1) is 20.5. The van der Waals surface area contributed by atoms with Crippen molar-refractivity contribution in [2.75, 3.05) is 50.2 Å². The largest absolute Gasteiger partial charge is 0.379 e. The second kappa shape index (κ2) is 9.47. The number of aromatic nitrogens is 3. The van der Waals surface area contributed by atoms with E-state index in [9.17, 15) is 5.11 Å². The molecule has 0 aromatic carbocycles. The summed E-state index contributed by atoms with van der Waals surface area (Å²) in [7, 11) is 2.25. The van der Waals surface area contributed by atoms with E-state index in [-0.39, 0.29) is 36.3 Å². The monoisotopic (exact) mass is 585 g/mol. The number of rotatable bonds is 5. The minimum absolute atomic E-state index is 0.0830. The van der Waals surface area contributed by atoms with Crippen molar-refractivity contribution in [3.63, 3.8) is 0 Å². The van der Waals surface area contributed by atoms with Crippen molar-refractivity contribution >= 4 is 17.6 Å². The quantitative estimate of drug-likeness (QED) is 0.544. The molecule has 8 rings (SSSR count). The summed E-state index contributed by atoms with van der Waals surface area (Å²) in [5.74, 6) is 2.53. The summed E-state index contributed by atoms with van der Waals surface area (Å²) >= 11 is 0. The highest BCUT2D eigenvalue weighted by Gasteiger charge is 2.55. The second-order valence-corrected chi connectivity index (χ2v) is 14.5. The molecule has 2 bridgehead atoms. The second-order valence-electron chi connectivity index (χ2n) is 14.5. The molecule has 6 aliphatic rings. The van der Waals surface area contributed by atoms with Gasteiger partial charge in [-0.05, 0) is 51.9 Å². The van der Waals surface area contributed by atoms with Crippen molar-refractivity contribution in [3.8, 4) is 0 Å². The van der Waals surface area contributed by atoms with Crippen LogP contribution in [0, 0.1) is 5.92 Å². The van der Waals surface area contributed by atoms with Gasteiger partial charge >= 0.3 is 0 Å². The fraction of sp³-hybridized carbons (Fsp3) is 0.606. The van der Waals surface area contributed by atoms with Crippen LogP contribution < -0.4 is 10.2 Å². The van der Waals surface area contributed by atoms with Crippen LogP contribution in [-0.4, -0.2) is 99.6 Å². The summed E-state index contributed by atoms with van der Waals surface area (Å²) in [5.41, 5.74) is 1.42. The van der Waals surface area contributed by atoms with Crippen molar-refractivity contribution in [1.82, 2.24) is 24.8 Å². The van der Waals surface area contributed by atoms with Gasteiger partial charge in [0.2, 0.25) is 5.95 Å². The number of likely N-dealkylation sites (tertiary alicyclic amines) is 2. The zero-order valence-electron chi connectivity index (χ0n) is 25.8. The molecule has 0 saturated carbocycles. The van der Waals surface area contributed by atoms with Crippen LogP contribution in [0.1, 0.15) is 51.8 Å². The molecule has 7 heterocycles. The number of piperazine rings is 1. The van der Waals surface area contributed by atoms with E-state index in [1.54, 1.807) is 0 Å². The third-order valence-electron chi connectivity index (χ3n) is 10.9. The predicted octanol–water partition coefficient (Wildman–Crippen LogP) is 3.32. The number of nitrogens with one attached hydrogen (secondary N) is 1. The number of nitrogens with zero attached hydrogens (tertiary/aromatic N) is 6. The number of ether oxygens (including phenoxy) is 2. The first kappa shape index (κ1) is 27.5. The maximum Gasteiger partial charge on any atom is 0.225 e. The minimum Gasteiger partial charge on any atom is -0.379 e. The van der Waals surface area contributed by atoms with E-state index in [2.05, 4.69) is 73.0 Å². The average Bonchev–Trinajstić information content (AvgIpc) is 3.61. The van der Waals surface area contributed by atoms with E-state index in [0.717, 1.165) is 36.7 Å². The first-order valence-corrected chi connectivity index (χ1v) is 15.7. The molecular weight excluding hydrogens is 542 g/mol. The van der Waals surface area contributed by atoms with Crippen molar-refractivity contribution in [2.24, 2.45) is 5.92 Å². The Morgan fingerprint density at radius 3 is 2.60 bits per heavy atom. The number of hydrogen-bond donors (Lipinski definition) is 2. The van der Waals surface area contributed by atoms with Crippen LogP contribution in [0.2, 0.25) is 0 Å². The molecule has 228 valence electrons. The number of hydrogen-bond acceptors (Lipinski definition) is 10. The van der Waals surface area contributed by atoms with Crippen LogP contribution in [0.25, 0.3) is 0 Å². The van der Waals surface area contributed by atoms with E-state index in [0.29, 0.717) is 36.3 Å². The summed E-state index contributed by atoms with van der Waals surface area (Å²) in [5, 5.41) is 14.6. The molecule has 5 aliphatic heterocycles. The fourth-order valence-corrected chi connectivity index (χ4v) is 8.04. The predicted molar refractivity (Wildman–Crippen MR) is 164 cm³/mol. The molecule has 4 fully saturated rings. The third kappa shape index (κ3) is 4.32. The van der Waals surface area contributed by atoms with Gasteiger partial charge in [-0.1, -0.05) is 32.1 Å². The maximum atomic E-state index is 11.0. The number of allylic oxidation sites excluding steroid dienone is 1. The SMILES string of the molecule is CC1C=C(N2C[C@@H]3C[C@H]2CN3C)C=CC1Nc1ncc2c(n1)N(c1cccc(C3(O)COC3)n1)[C@@H]1CC(C)(C)OC[C@]21C. The average molecular weight is 586 g/mol. The molecule has 2 aromatic heterocycles. The van der Waals surface area contributed by atoms with Gasteiger partial charge in [-0.2, -0.15) is 4.98 Å². The molecule has 2 aromatic rings. The van der Waals surface area contributed by atoms with Gasteiger partial charge in [-0.15, -0.1) is 0 Å². The molecule has 1 aliphatic carbocycles. The topological polar surface area (TPSA) is 99.1 Å². The van der Waals surface area contributed by atoms with E-state index in [1.165, 1.54) is 12.1 Å². The van der Waals surface area contributed by atoms with E-state index < -0.39 is 5.60 Å². The summed E-state index contributed by atoms with van der Waals surface area (Å²) in [6, 6.07) is 7.34. The van der Waals surface area contributed by atoms with Gasteiger partial charge in [0, 0.05) is 54.0 Å². The highest BCUT2D eigenvalue weighted by atomic mass is 16.5. The first-order valence-electron chi connectivity index (χ1n) is 15.7. The third-order valence-corrected chi connectivity index (χ3v) is 10.9. The lowest BCUT2D eigenvalue weighted by Gasteiger charge is -2.46. The van der Waals surface area contributed by atoms with Gasteiger partial charge in [0.25, 0.3) is 0 Å². The molecule has 10 heteroatoms. The Hall–Kier alpha value is -3.05. The summed E-state index contributed by atoms with van der Waals surface area (Å²) in [6.07, 6.45) is 11.0. The van der Waals surface area contributed by atoms with Gasteiger partial charge in [0.1, 0.15) is 11.6 Å². The fourth-order valence-electron chi connectivity index (χ4n) is 8.04. The Labute approximate surface area is 253 Å². The number of pyridine rings is 1.